The number of nitrogens with one attached hydrogen (secondary N) is 2. The van der Waals surface area contributed by atoms with Crippen LogP contribution >= 0.6 is 0 Å². The molecule has 0 aliphatic rings. The van der Waals surface area contributed by atoms with Gasteiger partial charge in [-0.05, 0) is 31.9 Å². The van der Waals surface area contributed by atoms with E-state index in [9.17, 15) is 4.79 Å². The minimum atomic E-state index is -0.285. The second kappa shape index (κ2) is 7.56. The number of amides is 2. The number of carbonyl (C=O) groups excluding carboxylic acids is 1. The molecule has 1 atom stereocenters. The number of aliphatic hydroxyl groups excluding tert-OH is 1. The number of carbonyl (C=O) groups is 1. The van der Waals surface area contributed by atoms with Gasteiger partial charge in [-0.2, -0.15) is 4.98 Å². The molecular formula is C15H20N4O3. The number of urea groups is 1. The first kappa shape index (κ1) is 16.0. The van der Waals surface area contributed by atoms with Gasteiger partial charge >= 0.3 is 6.03 Å². The Kier molecular flexibility index (Phi) is 5.48. The van der Waals surface area contributed by atoms with E-state index in [4.69, 9.17) is 9.63 Å². The minimum absolute atomic E-state index is 0.00445. The molecule has 0 spiro atoms. The van der Waals surface area contributed by atoms with E-state index >= 15 is 0 Å². The lowest BCUT2D eigenvalue weighted by molar-refractivity contribution is 0.245. The van der Waals surface area contributed by atoms with Crippen molar-refractivity contribution in [3.05, 3.63) is 30.2 Å². The van der Waals surface area contributed by atoms with Crippen molar-refractivity contribution in [2.24, 2.45) is 0 Å². The van der Waals surface area contributed by atoms with E-state index in [1.807, 2.05) is 19.1 Å². The van der Waals surface area contributed by atoms with Gasteiger partial charge in [-0.25, -0.2) is 4.79 Å². The van der Waals surface area contributed by atoms with Gasteiger partial charge < -0.3 is 20.3 Å². The monoisotopic (exact) mass is 304 g/mol. The number of hydrogen-bond acceptors (Lipinski definition) is 5. The lowest BCUT2D eigenvalue weighted by atomic mass is 10.2. The summed E-state index contributed by atoms with van der Waals surface area (Å²) in [6.45, 7) is 3.74. The molecule has 1 aromatic carbocycles. The van der Waals surface area contributed by atoms with Crippen molar-refractivity contribution in [2.75, 3.05) is 11.9 Å². The van der Waals surface area contributed by atoms with Gasteiger partial charge in [-0.3, -0.25) is 0 Å². The molecule has 2 amide bonds. The van der Waals surface area contributed by atoms with E-state index in [-0.39, 0.29) is 18.7 Å². The molecule has 7 heteroatoms. The fraction of sp³-hybridized carbons (Fsp3) is 0.400. The smallest absolute Gasteiger partial charge is 0.319 e. The van der Waals surface area contributed by atoms with Crippen LogP contribution in [-0.4, -0.2) is 33.9 Å². The van der Waals surface area contributed by atoms with Crippen LogP contribution in [0.2, 0.25) is 0 Å². The SMILES string of the molecule is Cc1nc(-c2cccc(NC(=O)NC(C)CCCO)c2)no1. The van der Waals surface area contributed by atoms with E-state index in [1.54, 1.807) is 19.1 Å². The van der Waals surface area contributed by atoms with Gasteiger partial charge in [0.05, 0.1) is 0 Å². The van der Waals surface area contributed by atoms with Gasteiger partial charge in [-0.15, -0.1) is 0 Å². The Morgan fingerprint density at radius 1 is 1.45 bits per heavy atom. The molecule has 1 unspecified atom stereocenters. The Bertz CT molecular complexity index is 627. The molecule has 0 saturated carbocycles. The Balaban J connectivity index is 1.97. The van der Waals surface area contributed by atoms with Crippen LogP contribution in [-0.2, 0) is 0 Å². The van der Waals surface area contributed by atoms with E-state index in [0.717, 1.165) is 12.0 Å². The van der Waals surface area contributed by atoms with Crippen LogP contribution in [0.1, 0.15) is 25.7 Å². The average molecular weight is 304 g/mol. The van der Waals surface area contributed by atoms with Crippen LogP contribution in [0.3, 0.4) is 0 Å². The number of anilines is 1. The van der Waals surface area contributed by atoms with Crippen LogP contribution in [0.15, 0.2) is 28.8 Å². The third-order valence-corrected chi connectivity index (χ3v) is 3.08. The standard InChI is InChI=1S/C15H20N4O3/c1-10(5-4-8-20)16-15(21)18-13-7-3-6-12(9-13)14-17-11(2)22-19-14/h3,6-7,9-10,20H,4-5,8H2,1-2H3,(H2,16,18,21). The highest BCUT2D eigenvalue weighted by atomic mass is 16.5. The van der Waals surface area contributed by atoms with Gasteiger partial charge in [-0.1, -0.05) is 17.3 Å². The predicted molar refractivity (Wildman–Crippen MR) is 82.4 cm³/mol. The summed E-state index contributed by atoms with van der Waals surface area (Å²) in [5.41, 5.74) is 1.41. The van der Waals surface area contributed by atoms with Crippen molar-refractivity contribution in [2.45, 2.75) is 32.7 Å². The molecule has 22 heavy (non-hydrogen) atoms. The number of aliphatic hydroxyl groups is 1. The summed E-state index contributed by atoms with van der Waals surface area (Å²) in [6.07, 6.45) is 1.39. The second-order valence-corrected chi connectivity index (χ2v) is 5.08. The van der Waals surface area contributed by atoms with Crippen LogP contribution in [0.4, 0.5) is 10.5 Å². The maximum Gasteiger partial charge on any atom is 0.319 e. The van der Waals surface area contributed by atoms with Crippen molar-refractivity contribution in [1.29, 1.82) is 0 Å². The van der Waals surface area contributed by atoms with Crippen LogP contribution < -0.4 is 10.6 Å². The van der Waals surface area contributed by atoms with E-state index < -0.39 is 0 Å². The van der Waals surface area contributed by atoms with E-state index in [0.29, 0.717) is 23.8 Å². The molecule has 2 aromatic rings. The normalized spacial score (nSPS) is 12.0. The summed E-state index contributed by atoms with van der Waals surface area (Å²) in [5.74, 6) is 0.974. The van der Waals surface area contributed by atoms with E-state index in [2.05, 4.69) is 20.8 Å². The van der Waals surface area contributed by atoms with Gasteiger partial charge in [0.15, 0.2) is 0 Å². The quantitative estimate of drug-likeness (QED) is 0.760. The molecule has 1 heterocycles. The zero-order valence-corrected chi connectivity index (χ0v) is 12.7. The summed E-state index contributed by atoms with van der Waals surface area (Å²) in [5, 5.41) is 18.2. The first-order valence-corrected chi connectivity index (χ1v) is 7.17. The molecule has 2 rings (SSSR count). The second-order valence-electron chi connectivity index (χ2n) is 5.08. The average Bonchev–Trinajstić information content (AvgIpc) is 2.92. The van der Waals surface area contributed by atoms with Gasteiger partial charge in [0.1, 0.15) is 0 Å². The van der Waals surface area contributed by atoms with Gasteiger partial charge in [0.2, 0.25) is 11.7 Å². The van der Waals surface area contributed by atoms with Crippen LogP contribution in [0, 0.1) is 6.92 Å². The largest absolute Gasteiger partial charge is 0.396 e. The van der Waals surface area contributed by atoms with Gasteiger partial charge in [0.25, 0.3) is 0 Å². The number of nitrogens with zero attached hydrogens (tertiary/aromatic N) is 2. The first-order chi connectivity index (χ1) is 10.6. The van der Waals surface area contributed by atoms with Crippen molar-refractivity contribution < 1.29 is 14.4 Å². The summed E-state index contributed by atoms with van der Waals surface area (Å²) >= 11 is 0. The van der Waals surface area contributed by atoms with Crippen LogP contribution in [0.5, 0.6) is 0 Å². The summed E-state index contributed by atoms with van der Waals surface area (Å²) in [6, 6.07) is 6.93. The molecular weight excluding hydrogens is 284 g/mol. The Hall–Kier alpha value is -2.41. The Morgan fingerprint density at radius 2 is 2.27 bits per heavy atom. The molecule has 1 aromatic heterocycles. The Morgan fingerprint density at radius 3 is 2.95 bits per heavy atom. The molecule has 0 fully saturated rings. The number of aromatic nitrogens is 2. The van der Waals surface area contributed by atoms with E-state index in [1.165, 1.54) is 0 Å². The van der Waals surface area contributed by atoms with Crippen molar-refractivity contribution in [1.82, 2.24) is 15.5 Å². The molecule has 0 bridgehead atoms. The molecule has 0 saturated heterocycles. The predicted octanol–water partition coefficient (Wildman–Crippen LogP) is 2.33. The highest BCUT2D eigenvalue weighted by molar-refractivity contribution is 5.90. The number of aryl methyl sites for hydroxylation is 1. The number of benzene rings is 1. The van der Waals surface area contributed by atoms with Crippen molar-refractivity contribution in [3.63, 3.8) is 0 Å². The lowest BCUT2D eigenvalue weighted by Crippen LogP contribution is -2.36. The van der Waals surface area contributed by atoms with Crippen molar-refractivity contribution >= 4 is 11.7 Å². The summed E-state index contributed by atoms with van der Waals surface area (Å²) in [4.78, 5) is 16.1. The minimum Gasteiger partial charge on any atom is -0.396 e. The third kappa shape index (κ3) is 4.56. The highest BCUT2D eigenvalue weighted by Gasteiger charge is 2.09. The van der Waals surface area contributed by atoms with Crippen molar-refractivity contribution in [3.8, 4) is 11.4 Å². The fourth-order valence-corrected chi connectivity index (χ4v) is 2.01. The highest BCUT2D eigenvalue weighted by Crippen LogP contribution is 2.19. The molecule has 0 aliphatic heterocycles. The van der Waals surface area contributed by atoms with Crippen LogP contribution in [0.25, 0.3) is 11.4 Å². The number of hydrogen-bond donors (Lipinski definition) is 3. The summed E-state index contributed by atoms with van der Waals surface area (Å²) in [7, 11) is 0. The van der Waals surface area contributed by atoms with Gasteiger partial charge in [0, 0.05) is 30.8 Å². The first-order valence-electron chi connectivity index (χ1n) is 7.17. The molecule has 3 N–H and O–H groups in total. The lowest BCUT2D eigenvalue weighted by Gasteiger charge is -2.14. The fourth-order valence-electron chi connectivity index (χ4n) is 2.01. The topological polar surface area (TPSA) is 100 Å². The Labute approximate surface area is 128 Å². The molecule has 7 nitrogen and oxygen atoms in total. The zero-order valence-electron chi connectivity index (χ0n) is 12.7. The number of rotatable bonds is 6. The summed E-state index contributed by atoms with van der Waals surface area (Å²) < 4.78 is 4.95. The molecule has 0 aliphatic carbocycles. The third-order valence-electron chi connectivity index (χ3n) is 3.08. The molecule has 118 valence electrons. The molecule has 0 radical (unpaired) electrons. The zero-order chi connectivity index (χ0) is 15.9. The maximum atomic E-state index is 11.9. The maximum absolute atomic E-state index is 11.9.